The minimum atomic E-state index is -3.51. The van der Waals surface area contributed by atoms with Crippen LogP contribution in [-0.4, -0.2) is 68.8 Å². The van der Waals surface area contributed by atoms with Gasteiger partial charge >= 0.3 is 0 Å². The van der Waals surface area contributed by atoms with E-state index >= 15 is 0 Å². The predicted molar refractivity (Wildman–Crippen MR) is 115 cm³/mol. The van der Waals surface area contributed by atoms with Crippen molar-refractivity contribution in [1.29, 1.82) is 0 Å². The Morgan fingerprint density at radius 1 is 0.931 bits per heavy atom. The van der Waals surface area contributed by atoms with Crippen molar-refractivity contribution in [3.8, 4) is 0 Å². The Morgan fingerprint density at radius 3 is 1.97 bits per heavy atom. The third-order valence-corrected chi connectivity index (χ3v) is 8.67. The van der Waals surface area contributed by atoms with Crippen LogP contribution >= 0.6 is 0 Å². The van der Waals surface area contributed by atoms with E-state index in [-0.39, 0.29) is 11.9 Å². The molecule has 29 heavy (non-hydrogen) atoms. The fraction of sp³-hybridized carbons (Fsp3) is 0.682. The van der Waals surface area contributed by atoms with Gasteiger partial charge in [0.1, 0.15) is 0 Å². The van der Waals surface area contributed by atoms with Gasteiger partial charge in [0.05, 0.1) is 31.1 Å². The maximum absolute atomic E-state index is 13.3. The van der Waals surface area contributed by atoms with Gasteiger partial charge in [0, 0.05) is 13.1 Å². The number of nitrogens with one attached hydrogen (secondary N) is 1. The minimum absolute atomic E-state index is 0.110. The Labute approximate surface area is 175 Å². The highest BCUT2D eigenvalue weighted by Crippen LogP contribution is 2.25. The number of likely N-dealkylation sites (tertiary alicyclic amines) is 1. The van der Waals surface area contributed by atoms with E-state index in [0.717, 1.165) is 42.6 Å². The molecule has 0 unspecified atom stereocenters. The largest absolute Gasteiger partial charge is 0.338 e. The highest BCUT2D eigenvalue weighted by molar-refractivity contribution is 7.89. The summed E-state index contributed by atoms with van der Waals surface area (Å²) < 4.78 is 28.2. The highest BCUT2D eigenvalue weighted by Gasteiger charge is 2.36. The van der Waals surface area contributed by atoms with Crippen molar-refractivity contribution < 1.29 is 18.1 Å². The number of aryl methyl sites for hydroxylation is 3. The Balaban J connectivity index is 1.66. The summed E-state index contributed by atoms with van der Waals surface area (Å²) in [6.07, 6.45) is 4.60. The maximum atomic E-state index is 13.3. The number of benzene rings is 1. The molecule has 1 amide bonds. The molecule has 0 saturated carbocycles. The van der Waals surface area contributed by atoms with Crippen molar-refractivity contribution in [2.75, 3.05) is 39.3 Å². The van der Waals surface area contributed by atoms with Crippen molar-refractivity contribution in [2.24, 2.45) is 0 Å². The molecule has 2 saturated heterocycles. The number of rotatable bonds is 4. The Hall–Kier alpha value is -1.44. The number of amides is 1. The average molecular weight is 423 g/mol. The van der Waals surface area contributed by atoms with Crippen LogP contribution in [0.1, 0.15) is 49.3 Å². The van der Waals surface area contributed by atoms with Gasteiger partial charge in [0.25, 0.3) is 5.91 Å². The molecule has 0 bridgehead atoms. The lowest BCUT2D eigenvalue weighted by Gasteiger charge is -2.36. The van der Waals surface area contributed by atoms with Crippen molar-refractivity contribution >= 4 is 15.9 Å². The number of hydrogen-bond donors (Lipinski definition) is 1. The lowest BCUT2D eigenvalue weighted by atomic mass is 10.1. The van der Waals surface area contributed by atoms with Gasteiger partial charge in [-0.25, -0.2) is 8.42 Å². The van der Waals surface area contributed by atoms with E-state index in [4.69, 9.17) is 0 Å². The summed E-state index contributed by atoms with van der Waals surface area (Å²) in [5.41, 5.74) is 2.69. The van der Waals surface area contributed by atoms with Crippen LogP contribution in [0.15, 0.2) is 17.0 Å². The Bertz CT molecular complexity index is 814. The summed E-state index contributed by atoms with van der Waals surface area (Å²) in [5, 5.41) is 0. The molecule has 1 aromatic rings. The first kappa shape index (κ1) is 22.2. The standard InChI is InChI=1S/C22H35N3O3S/c1-17-15-18(2)21(19(3)16-17)29(27,28)25-13-11-23(12-14-25)20(4)22(26)24-9-7-5-6-8-10-24/h15-16,20H,5-14H2,1-4H3/p+1/t20-/m0/s1. The fourth-order valence-electron chi connectivity index (χ4n) is 4.89. The second-order valence-electron chi connectivity index (χ2n) is 8.75. The number of carbonyl (C=O) groups is 1. The molecule has 1 N–H and O–H groups in total. The zero-order valence-corrected chi connectivity index (χ0v) is 19.1. The molecule has 1 aromatic carbocycles. The Morgan fingerprint density at radius 2 is 1.45 bits per heavy atom. The molecule has 3 rings (SSSR count). The van der Waals surface area contributed by atoms with Gasteiger partial charge in [-0.05, 0) is 51.7 Å². The van der Waals surface area contributed by atoms with E-state index in [1.807, 2.05) is 44.7 Å². The first-order valence-corrected chi connectivity index (χ1v) is 12.4. The van der Waals surface area contributed by atoms with Crippen LogP contribution in [-0.2, 0) is 14.8 Å². The van der Waals surface area contributed by atoms with Gasteiger partial charge in [-0.2, -0.15) is 4.31 Å². The zero-order valence-electron chi connectivity index (χ0n) is 18.3. The number of hydrogen-bond acceptors (Lipinski definition) is 3. The Kier molecular flexibility index (Phi) is 7.02. The SMILES string of the molecule is Cc1cc(C)c(S(=O)(=O)N2CC[NH+]([C@@H](C)C(=O)N3CCCCCC3)CC2)c(C)c1. The molecule has 0 spiro atoms. The smallest absolute Gasteiger partial charge is 0.280 e. The van der Waals surface area contributed by atoms with Gasteiger partial charge in [0.15, 0.2) is 6.04 Å². The number of sulfonamides is 1. The molecular formula is C22H36N3O3S+. The average Bonchev–Trinajstić information content (AvgIpc) is 2.95. The lowest BCUT2D eigenvalue weighted by Crippen LogP contribution is -3.19. The molecule has 6 nitrogen and oxygen atoms in total. The van der Waals surface area contributed by atoms with Gasteiger partial charge < -0.3 is 9.80 Å². The molecule has 0 aromatic heterocycles. The molecule has 2 heterocycles. The van der Waals surface area contributed by atoms with Gasteiger partial charge in [-0.1, -0.05) is 30.5 Å². The molecule has 1 atom stereocenters. The van der Waals surface area contributed by atoms with Crippen molar-refractivity contribution in [1.82, 2.24) is 9.21 Å². The summed E-state index contributed by atoms with van der Waals surface area (Å²) >= 11 is 0. The first-order chi connectivity index (χ1) is 13.7. The van der Waals surface area contributed by atoms with Gasteiger partial charge in [0.2, 0.25) is 10.0 Å². The van der Waals surface area contributed by atoms with Gasteiger partial charge in [-0.3, -0.25) is 4.79 Å². The monoisotopic (exact) mass is 422 g/mol. The molecular weight excluding hydrogens is 386 g/mol. The number of quaternary nitrogens is 1. The summed E-state index contributed by atoms with van der Waals surface area (Å²) in [4.78, 5) is 16.6. The highest BCUT2D eigenvalue weighted by atomic mass is 32.2. The van der Waals surface area contributed by atoms with Crippen LogP contribution in [0.3, 0.4) is 0 Å². The van der Waals surface area contributed by atoms with E-state index in [9.17, 15) is 13.2 Å². The molecule has 162 valence electrons. The van der Waals surface area contributed by atoms with Crippen LogP contribution < -0.4 is 4.90 Å². The summed E-state index contributed by atoms with van der Waals surface area (Å²) in [7, 11) is -3.51. The third kappa shape index (κ3) is 4.84. The molecule has 0 aliphatic carbocycles. The van der Waals surface area contributed by atoms with Crippen LogP contribution in [0.5, 0.6) is 0 Å². The second kappa shape index (κ2) is 9.14. The minimum Gasteiger partial charge on any atom is -0.338 e. The first-order valence-electron chi connectivity index (χ1n) is 10.9. The van der Waals surface area contributed by atoms with Crippen molar-refractivity contribution in [3.63, 3.8) is 0 Å². The molecule has 2 aliphatic heterocycles. The summed E-state index contributed by atoms with van der Waals surface area (Å²) in [5.74, 6) is 0.225. The van der Waals surface area contributed by atoms with Crippen LogP contribution in [0.2, 0.25) is 0 Å². The number of nitrogens with zero attached hydrogens (tertiary/aromatic N) is 2. The van der Waals surface area contributed by atoms with Gasteiger partial charge in [-0.15, -0.1) is 0 Å². The normalized spacial score (nSPS) is 21.0. The molecule has 0 radical (unpaired) electrons. The van der Waals surface area contributed by atoms with E-state index in [1.54, 1.807) is 4.31 Å². The van der Waals surface area contributed by atoms with E-state index in [2.05, 4.69) is 0 Å². The van der Waals surface area contributed by atoms with E-state index in [1.165, 1.54) is 17.7 Å². The summed E-state index contributed by atoms with van der Waals surface area (Å²) in [6, 6.07) is 3.76. The quantitative estimate of drug-likeness (QED) is 0.795. The maximum Gasteiger partial charge on any atom is 0.280 e. The van der Waals surface area contributed by atoms with Crippen LogP contribution in [0.25, 0.3) is 0 Å². The van der Waals surface area contributed by atoms with Crippen molar-refractivity contribution in [2.45, 2.75) is 64.3 Å². The molecule has 2 fully saturated rings. The van der Waals surface area contributed by atoms with Crippen molar-refractivity contribution in [3.05, 3.63) is 28.8 Å². The van der Waals surface area contributed by atoms with Crippen LogP contribution in [0.4, 0.5) is 0 Å². The topological polar surface area (TPSA) is 62.1 Å². The third-order valence-electron chi connectivity index (χ3n) is 6.47. The lowest BCUT2D eigenvalue weighted by molar-refractivity contribution is -0.918. The summed E-state index contributed by atoms with van der Waals surface area (Å²) in [6.45, 7) is 11.7. The number of piperazine rings is 1. The molecule has 2 aliphatic rings. The molecule has 7 heteroatoms. The van der Waals surface area contributed by atoms with E-state index in [0.29, 0.717) is 31.1 Å². The second-order valence-corrected chi connectivity index (χ2v) is 10.6. The number of carbonyl (C=O) groups excluding carboxylic acids is 1. The predicted octanol–water partition coefficient (Wildman–Crippen LogP) is 1.29. The van der Waals surface area contributed by atoms with E-state index < -0.39 is 10.0 Å². The van der Waals surface area contributed by atoms with Crippen LogP contribution in [0, 0.1) is 20.8 Å². The zero-order chi connectivity index (χ0) is 21.2. The fourth-order valence-corrected chi connectivity index (χ4v) is 6.74.